The van der Waals surface area contributed by atoms with Gasteiger partial charge in [0.2, 0.25) is 5.91 Å². The molecule has 0 N–H and O–H groups in total. The van der Waals surface area contributed by atoms with E-state index in [4.69, 9.17) is 18.9 Å². The third-order valence-corrected chi connectivity index (χ3v) is 5.99. The molecular formula is C21H25NO5S. The van der Waals surface area contributed by atoms with E-state index in [1.54, 1.807) is 46.3 Å². The minimum absolute atomic E-state index is 0.0522. The maximum absolute atomic E-state index is 13.1. The van der Waals surface area contributed by atoms with Gasteiger partial charge < -0.3 is 23.8 Å². The molecule has 1 aliphatic rings. The standard InChI is InChI=1S/C21H25NO5S/c1-24-16-8-6-5-7-14(16)11-20(23)22-9-10-28-21(22)15-12-18(26-3)19(27-4)13-17(15)25-2/h5-8,12-13,21H,9-11H2,1-4H3. The van der Waals surface area contributed by atoms with E-state index < -0.39 is 0 Å². The molecule has 1 fully saturated rings. The Kier molecular flexibility index (Phi) is 6.57. The van der Waals surface area contributed by atoms with Crippen molar-refractivity contribution >= 4 is 17.7 Å². The first-order chi connectivity index (χ1) is 13.6. The Morgan fingerprint density at radius 3 is 2.29 bits per heavy atom. The van der Waals surface area contributed by atoms with Gasteiger partial charge >= 0.3 is 0 Å². The van der Waals surface area contributed by atoms with Crippen LogP contribution in [-0.4, -0.2) is 51.5 Å². The van der Waals surface area contributed by atoms with Crippen molar-refractivity contribution in [2.45, 2.75) is 11.8 Å². The van der Waals surface area contributed by atoms with Crippen LogP contribution in [0.4, 0.5) is 0 Å². The lowest BCUT2D eigenvalue weighted by atomic mass is 10.1. The molecule has 0 bridgehead atoms. The van der Waals surface area contributed by atoms with Gasteiger partial charge in [-0.25, -0.2) is 0 Å². The van der Waals surface area contributed by atoms with Crippen molar-refractivity contribution in [3.63, 3.8) is 0 Å². The highest BCUT2D eigenvalue weighted by molar-refractivity contribution is 7.99. The van der Waals surface area contributed by atoms with Crippen LogP contribution in [0.5, 0.6) is 23.0 Å². The lowest BCUT2D eigenvalue weighted by Crippen LogP contribution is -2.32. The van der Waals surface area contributed by atoms with E-state index in [1.165, 1.54) is 0 Å². The second-order valence-corrected chi connectivity index (χ2v) is 7.44. The van der Waals surface area contributed by atoms with Gasteiger partial charge in [0.1, 0.15) is 16.9 Å². The van der Waals surface area contributed by atoms with E-state index in [9.17, 15) is 4.79 Å². The Balaban J connectivity index is 1.89. The fourth-order valence-corrected chi connectivity index (χ4v) is 4.63. The summed E-state index contributed by atoms with van der Waals surface area (Å²) in [5, 5.41) is -0.142. The molecule has 1 amide bonds. The maximum Gasteiger partial charge on any atom is 0.228 e. The largest absolute Gasteiger partial charge is 0.496 e. The average molecular weight is 404 g/mol. The first kappa shape index (κ1) is 20.2. The van der Waals surface area contributed by atoms with E-state index in [1.807, 2.05) is 35.2 Å². The third-order valence-electron chi connectivity index (χ3n) is 4.75. The summed E-state index contributed by atoms with van der Waals surface area (Å²) in [4.78, 5) is 15.0. The van der Waals surface area contributed by atoms with Crippen LogP contribution in [0, 0.1) is 0 Å². The SMILES string of the molecule is COc1ccccc1CC(=O)N1CCSC1c1cc(OC)c(OC)cc1OC. The highest BCUT2D eigenvalue weighted by atomic mass is 32.2. The molecule has 7 heteroatoms. The summed E-state index contributed by atoms with van der Waals surface area (Å²) in [7, 11) is 6.42. The number of para-hydroxylation sites is 1. The lowest BCUT2D eigenvalue weighted by molar-refractivity contribution is -0.130. The van der Waals surface area contributed by atoms with Gasteiger partial charge in [0, 0.05) is 29.5 Å². The molecular weight excluding hydrogens is 378 g/mol. The molecule has 1 aliphatic heterocycles. The maximum atomic E-state index is 13.1. The van der Waals surface area contributed by atoms with E-state index in [-0.39, 0.29) is 17.7 Å². The topological polar surface area (TPSA) is 57.2 Å². The van der Waals surface area contributed by atoms with Crippen molar-refractivity contribution < 1.29 is 23.7 Å². The molecule has 28 heavy (non-hydrogen) atoms. The summed E-state index contributed by atoms with van der Waals surface area (Å²) in [6.07, 6.45) is 0.288. The van der Waals surface area contributed by atoms with Crippen molar-refractivity contribution in [3.05, 3.63) is 47.5 Å². The fraction of sp³-hybridized carbons (Fsp3) is 0.381. The molecule has 0 spiro atoms. The molecule has 1 saturated heterocycles. The predicted molar refractivity (Wildman–Crippen MR) is 110 cm³/mol. The van der Waals surface area contributed by atoms with Crippen LogP contribution < -0.4 is 18.9 Å². The highest BCUT2D eigenvalue weighted by Crippen LogP contribution is 2.46. The van der Waals surface area contributed by atoms with Gasteiger partial charge in [-0.2, -0.15) is 0 Å². The summed E-state index contributed by atoms with van der Waals surface area (Å²) in [5.74, 6) is 3.52. The average Bonchev–Trinajstić information content (AvgIpc) is 3.22. The minimum atomic E-state index is -0.142. The number of hydrogen-bond acceptors (Lipinski definition) is 6. The van der Waals surface area contributed by atoms with Gasteiger partial charge in [-0.15, -0.1) is 11.8 Å². The normalized spacial score (nSPS) is 16.0. The minimum Gasteiger partial charge on any atom is -0.496 e. The summed E-state index contributed by atoms with van der Waals surface area (Å²) in [6.45, 7) is 0.681. The van der Waals surface area contributed by atoms with Crippen molar-refractivity contribution in [1.82, 2.24) is 4.90 Å². The summed E-state index contributed by atoms with van der Waals surface area (Å²) in [6, 6.07) is 11.3. The third kappa shape index (κ3) is 3.99. The second kappa shape index (κ2) is 9.10. The summed E-state index contributed by atoms with van der Waals surface area (Å²) >= 11 is 1.71. The number of carbonyl (C=O) groups is 1. The fourth-order valence-electron chi connectivity index (χ4n) is 3.34. The zero-order chi connectivity index (χ0) is 20.1. The quantitative estimate of drug-likeness (QED) is 0.705. The zero-order valence-corrected chi connectivity index (χ0v) is 17.4. The van der Waals surface area contributed by atoms with Gasteiger partial charge in [-0.1, -0.05) is 18.2 Å². The van der Waals surface area contributed by atoms with Crippen LogP contribution in [0.3, 0.4) is 0 Å². The van der Waals surface area contributed by atoms with Crippen LogP contribution in [0.15, 0.2) is 36.4 Å². The van der Waals surface area contributed by atoms with Gasteiger partial charge in [-0.3, -0.25) is 4.79 Å². The first-order valence-electron chi connectivity index (χ1n) is 8.95. The molecule has 150 valence electrons. The molecule has 6 nitrogen and oxygen atoms in total. The smallest absolute Gasteiger partial charge is 0.228 e. The van der Waals surface area contributed by atoms with Gasteiger partial charge in [0.05, 0.1) is 34.9 Å². The molecule has 3 rings (SSSR count). The molecule has 1 unspecified atom stereocenters. The molecule has 0 aliphatic carbocycles. The Hall–Kier alpha value is -2.54. The van der Waals surface area contributed by atoms with Gasteiger partial charge in [-0.05, 0) is 12.1 Å². The zero-order valence-electron chi connectivity index (χ0n) is 16.6. The van der Waals surface area contributed by atoms with Crippen LogP contribution in [0.1, 0.15) is 16.5 Å². The number of benzene rings is 2. The number of thioether (sulfide) groups is 1. The molecule has 0 saturated carbocycles. The van der Waals surface area contributed by atoms with Crippen molar-refractivity contribution in [2.24, 2.45) is 0 Å². The van der Waals surface area contributed by atoms with E-state index in [0.717, 1.165) is 22.6 Å². The van der Waals surface area contributed by atoms with E-state index in [0.29, 0.717) is 23.8 Å². The number of ether oxygens (including phenoxy) is 4. The number of hydrogen-bond donors (Lipinski definition) is 0. The van der Waals surface area contributed by atoms with E-state index >= 15 is 0 Å². The number of carbonyl (C=O) groups excluding carboxylic acids is 1. The van der Waals surface area contributed by atoms with Crippen LogP contribution in [0.25, 0.3) is 0 Å². The Bertz CT molecular complexity index is 842. The summed E-state index contributed by atoms with van der Waals surface area (Å²) < 4.78 is 21.8. The van der Waals surface area contributed by atoms with E-state index in [2.05, 4.69) is 0 Å². The molecule has 1 heterocycles. The number of amides is 1. The van der Waals surface area contributed by atoms with Crippen molar-refractivity contribution in [2.75, 3.05) is 40.7 Å². The van der Waals surface area contributed by atoms with Crippen LogP contribution >= 0.6 is 11.8 Å². The molecule has 0 radical (unpaired) electrons. The Morgan fingerprint density at radius 1 is 0.964 bits per heavy atom. The monoisotopic (exact) mass is 403 g/mol. The molecule has 2 aromatic rings. The predicted octanol–water partition coefficient (Wildman–Crippen LogP) is 3.54. The summed E-state index contributed by atoms with van der Waals surface area (Å²) in [5.41, 5.74) is 1.78. The number of rotatable bonds is 7. The molecule has 0 aromatic heterocycles. The molecule has 2 aromatic carbocycles. The van der Waals surface area contributed by atoms with Gasteiger partial charge in [0.15, 0.2) is 11.5 Å². The molecule has 1 atom stereocenters. The van der Waals surface area contributed by atoms with Crippen LogP contribution in [-0.2, 0) is 11.2 Å². The lowest BCUT2D eigenvalue weighted by Gasteiger charge is -2.26. The Labute approximate surface area is 169 Å². The van der Waals surface area contributed by atoms with Gasteiger partial charge in [0.25, 0.3) is 0 Å². The van der Waals surface area contributed by atoms with Crippen molar-refractivity contribution in [3.8, 4) is 23.0 Å². The van der Waals surface area contributed by atoms with Crippen LogP contribution in [0.2, 0.25) is 0 Å². The number of methoxy groups -OCH3 is 4. The Morgan fingerprint density at radius 2 is 1.61 bits per heavy atom. The first-order valence-corrected chi connectivity index (χ1v) is 10.0. The second-order valence-electron chi connectivity index (χ2n) is 6.25. The number of nitrogens with zero attached hydrogens (tertiary/aromatic N) is 1. The van der Waals surface area contributed by atoms with Crippen molar-refractivity contribution in [1.29, 1.82) is 0 Å². The highest BCUT2D eigenvalue weighted by Gasteiger charge is 2.33.